The number of ether oxygens (including phenoxy) is 1. The van der Waals surface area contributed by atoms with Gasteiger partial charge in [-0.15, -0.1) is 11.3 Å². The van der Waals surface area contributed by atoms with Crippen LogP contribution >= 0.6 is 11.3 Å². The highest BCUT2D eigenvalue weighted by molar-refractivity contribution is 7.12. The predicted molar refractivity (Wildman–Crippen MR) is 127 cm³/mol. The van der Waals surface area contributed by atoms with Crippen molar-refractivity contribution in [3.05, 3.63) is 82.2 Å². The first kappa shape index (κ1) is 24.3. The first-order chi connectivity index (χ1) is 16.8. The largest absolute Gasteiger partial charge is 0.467 e. The van der Waals surface area contributed by atoms with E-state index in [0.717, 1.165) is 16.7 Å². The van der Waals surface area contributed by atoms with Crippen molar-refractivity contribution < 1.29 is 27.9 Å². The van der Waals surface area contributed by atoms with Gasteiger partial charge in [0.15, 0.2) is 6.61 Å². The zero-order valence-electron chi connectivity index (χ0n) is 19.1. The van der Waals surface area contributed by atoms with E-state index in [1.165, 1.54) is 40.8 Å². The molecular weight excluding hydrogens is 473 g/mol. The Labute approximate surface area is 205 Å². The van der Waals surface area contributed by atoms with Gasteiger partial charge in [0, 0.05) is 6.42 Å². The lowest BCUT2D eigenvalue weighted by atomic mass is 10.0. The van der Waals surface area contributed by atoms with Gasteiger partial charge in [0.1, 0.15) is 23.7 Å². The molecule has 182 valence electrons. The Balaban J connectivity index is 1.43. The molecule has 10 heteroatoms. The van der Waals surface area contributed by atoms with Gasteiger partial charge in [-0.2, -0.15) is 5.10 Å². The molecule has 3 heterocycles. The molecule has 4 rings (SSSR count). The Kier molecular flexibility index (Phi) is 7.40. The van der Waals surface area contributed by atoms with Crippen LogP contribution in [0.15, 0.2) is 69.7 Å². The molecule has 35 heavy (non-hydrogen) atoms. The molecule has 1 aliphatic rings. The first-order valence-corrected chi connectivity index (χ1v) is 11.9. The number of hydrogen-bond donors (Lipinski definition) is 1. The summed E-state index contributed by atoms with van der Waals surface area (Å²) in [5.41, 5.74) is 0.550. The number of nitrogens with zero attached hydrogens (tertiary/aromatic N) is 2. The highest BCUT2D eigenvalue weighted by atomic mass is 32.1. The molecule has 3 aromatic rings. The fraction of sp³-hybridized carbons (Fsp3) is 0.280. The monoisotopic (exact) mass is 497 g/mol. The SMILES string of the molecule is CC(C)[C@H](NC(=O)c1ccccc1F)C(=O)OCC(=O)N1N=C(c2cccs2)C[C@@H]1c1ccco1. The molecule has 0 spiro atoms. The van der Waals surface area contributed by atoms with Crippen LogP contribution in [0.3, 0.4) is 0 Å². The molecule has 0 bridgehead atoms. The van der Waals surface area contributed by atoms with Crippen LogP contribution in [0.4, 0.5) is 4.39 Å². The number of carbonyl (C=O) groups is 3. The molecule has 0 radical (unpaired) electrons. The molecule has 0 aliphatic carbocycles. The number of benzene rings is 1. The Morgan fingerprint density at radius 3 is 2.66 bits per heavy atom. The van der Waals surface area contributed by atoms with Crippen molar-refractivity contribution in [3.8, 4) is 0 Å². The molecule has 2 aromatic heterocycles. The number of carbonyl (C=O) groups excluding carboxylic acids is 3. The minimum Gasteiger partial charge on any atom is -0.467 e. The van der Waals surface area contributed by atoms with E-state index in [-0.39, 0.29) is 11.5 Å². The van der Waals surface area contributed by atoms with Crippen LogP contribution in [0.25, 0.3) is 0 Å². The standard InChI is InChI=1S/C25H24FN3O5S/c1-15(2)23(27-24(31)16-7-3-4-8-17(16)26)25(32)34-14-22(30)29-19(20-9-5-11-33-20)13-18(28-29)21-10-6-12-35-21/h3-12,15,19,23H,13-14H2,1-2H3,(H,27,31)/t19-,23+/m1/s1. The third-order valence-electron chi connectivity index (χ3n) is 5.51. The van der Waals surface area contributed by atoms with Gasteiger partial charge in [0.25, 0.3) is 11.8 Å². The number of thiophene rings is 1. The predicted octanol–water partition coefficient (Wildman–Crippen LogP) is 4.16. The number of esters is 1. The number of rotatable bonds is 8. The topological polar surface area (TPSA) is 101 Å². The maximum Gasteiger partial charge on any atom is 0.329 e. The van der Waals surface area contributed by atoms with Crippen molar-refractivity contribution >= 4 is 34.8 Å². The number of furan rings is 1. The number of amides is 2. The van der Waals surface area contributed by atoms with E-state index in [1.807, 2.05) is 17.5 Å². The maximum absolute atomic E-state index is 14.0. The van der Waals surface area contributed by atoms with Crippen LogP contribution in [-0.2, 0) is 14.3 Å². The van der Waals surface area contributed by atoms with E-state index in [9.17, 15) is 18.8 Å². The molecular formula is C25H24FN3O5S. The van der Waals surface area contributed by atoms with E-state index in [0.29, 0.717) is 12.2 Å². The molecule has 0 saturated carbocycles. The summed E-state index contributed by atoms with van der Waals surface area (Å²) in [6, 6.07) is 11.2. The minimum absolute atomic E-state index is 0.184. The van der Waals surface area contributed by atoms with Crippen molar-refractivity contribution in [3.63, 3.8) is 0 Å². The van der Waals surface area contributed by atoms with Crippen LogP contribution in [0.1, 0.15) is 47.3 Å². The molecule has 1 aliphatic heterocycles. The lowest BCUT2D eigenvalue weighted by Gasteiger charge is -2.23. The highest BCUT2D eigenvalue weighted by Gasteiger charge is 2.36. The van der Waals surface area contributed by atoms with Gasteiger partial charge in [-0.25, -0.2) is 14.2 Å². The average Bonchev–Trinajstić information content (AvgIpc) is 3.61. The van der Waals surface area contributed by atoms with Crippen LogP contribution in [-0.4, -0.2) is 41.2 Å². The number of hydrazone groups is 1. The zero-order chi connectivity index (χ0) is 24.9. The zero-order valence-corrected chi connectivity index (χ0v) is 20.0. The summed E-state index contributed by atoms with van der Waals surface area (Å²) in [6.45, 7) is 2.84. The van der Waals surface area contributed by atoms with Gasteiger partial charge in [0.05, 0.1) is 22.4 Å². The Morgan fingerprint density at radius 2 is 2.00 bits per heavy atom. The maximum atomic E-state index is 14.0. The van der Waals surface area contributed by atoms with Crippen molar-refractivity contribution in [1.29, 1.82) is 0 Å². The molecule has 0 saturated heterocycles. The van der Waals surface area contributed by atoms with Crippen molar-refractivity contribution in [2.75, 3.05) is 6.61 Å². The molecule has 0 unspecified atom stereocenters. The van der Waals surface area contributed by atoms with Gasteiger partial charge in [-0.05, 0) is 41.6 Å². The van der Waals surface area contributed by atoms with Gasteiger partial charge in [-0.1, -0.05) is 32.0 Å². The van der Waals surface area contributed by atoms with E-state index in [2.05, 4.69) is 10.4 Å². The van der Waals surface area contributed by atoms with Crippen molar-refractivity contribution in [1.82, 2.24) is 10.3 Å². The van der Waals surface area contributed by atoms with E-state index in [4.69, 9.17) is 9.15 Å². The molecule has 8 nitrogen and oxygen atoms in total. The summed E-state index contributed by atoms with van der Waals surface area (Å²) in [5.74, 6) is -2.57. The summed E-state index contributed by atoms with van der Waals surface area (Å²) >= 11 is 1.51. The minimum atomic E-state index is -1.07. The van der Waals surface area contributed by atoms with Crippen LogP contribution in [0, 0.1) is 11.7 Å². The smallest absolute Gasteiger partial charge is 0.329 e. The highest BCUT2D eigenvalue weighted by Crippen LogP contribution is 2.34. The third-order valence-corrected chi connectivity index (χ3v) is 6.43. The van der Waals surface area contributed by atoms with E-state index in [1.54, 1.807) is 26.0 Å². The molecule has 2 amide bonds. The average molecular weight is 498 g/mol. The lowest BCUT2D eigenvalue weighted by molar-refractivity contribution is -0.155. The summed E-state index contributed by atoms with van der Waals surface area (Å²) in [4.78, 5) is 39.2. The van der Waals surface area contributed by atoms with Crippen molar-refractivity contribution in [2.45, 2.75) is 32.4 Å². The molecule has 2 atom stereocenters. The fourth-order valence-electron chi connectivity index (χ4n) is 3.69. The Morgan fingerprint density at radius 1 is 1.20 bits per heavy atom. The number of nitrogens with one attached hydrogen (secondary N) is 1. The van der Waals surface area contributed by atoms with Crippen molar-refractivity contribution in [2.24, 2.45) is 11.0 Å². The second-order valence-corrected chi connectivity index (χ2v) is 9.23. The van der Waals surface area contributed by atoms with Gasteiger partial charge in [-0.3, -0.25) is 9.59 Å². The summed E-state index contributed by atoms with van der Waals surface area (Å²) in [5, 5.41) is 10.2. The van der Waals surface area contributed by atoms with Crippen LogP contribution in [0.5, 0.6) is 0 Å². The van der Waals surface area contributed by atoms with Crippen LogP contribution in [0.2, 0.25) is 0 Å². The fourth-order valence-corrected chi connectivity index (χ4v) is 4.41. The number of hydrogen-bond acceptors (Lipinski definition) is 7. The lowest BCUT2D eigenvalue weighted by Crippen LogP contribution is -2.46. The Bertz CT molecular complexity index is 1220. The molecule has 1 aromatic carbocycles. The summed E-state index contributed by atoms with van der Waals surface area (Å²) < 4.78 is 24.7. The quantitative estimate of drug-likeness (QED) is 0.471. The third kappa shape index (κ3) is 5.48. The van der Waals surface area contributed by atoms with Gasteiger partial charge >= 0.3 is 5.97 Å². The second-order valence-electron chi connectivity index (χ2n) is 8.28. The summed E-state index contributed by atoms with van der Waals surface area (Å²) in [6.07, 6.45) is 1.98. The molecule has 1 N–H and O–H groups in total. The van der Waals surface area contributed by atoms with Crippen LogP contribution < -0.4 is 5.32 Å². The second kappa shape index (κ2) is 10.6. The normalized spacial score (nSPS) is 16.2. The summed E-state index contributed by atoms with van der Waals surface area (Å²) in [7, 11) is 0. The van der Waals surface area contributed by atoms with Gasteiger partial charge in [0.2, 0.25) is 0 Å². The van der Waals surface area contributed by atoms with E-state index >= 15 is 0 Å². The number of halogens is 1. The Hall–Kier alpha value is -3.79. The first-order valence-electron chi connectivity index (χ1n) is 11.0. The van der Waals surface area contributed by atoms with Gasteiger partial charge < -0.3 is 14.5 Å². The van der Waals surface area contributed by atoms with E-state index < -0.39 is 42.3 Å². The molecule has 0 fully saturated rings.